The van der Waals surface area contributed by atoms with Gasteiger partial charge in [-0.1, -0.05) is 31.0 Å². The molecular weight excluding hydrogens is 558 g/mol. The number of pyridine rings is 1. The van der Waals surface area contributed by atoms with Gasteiger partial charge in [-0.2, -0.15) is 26.3 Å². The van der Waals surface area contributed by atoms with Crippen LogP contribution in [0, 0.1) is 5.92 Å². The van der Waals surface area contributed by atoms with Crippen LogP contribution in [0.5, 0.6) is 0 Å². The third-order valence-electron chi connectivity index (χ3n) is 7.86. The highest BCUT2D eigenvalue weighted by Crippen LogP contribution is 2.37. The van der Waals surface area contributed by atoms with Crippen LogP contribution in [0.1, 0.15) is 61.8 Å². The van der Waals surface area contributed by atoms with E-state index < -0.39 is 23.5 Å². The Morgan fingerprint density at radius 3 is 2.14 bits per heavy atom. The second kappa shape index (κ2) is 12.0. The maximum Gasteiger partial charge on any atom is 0.416 e. The second-order valence-electron chi connectivity index (χ2n) is 11.2. The van der Waals surface area contributed by atoms with Gasteiger partial charge < -0.3 is 14.5 Å². The lowest BCUT2D eigenvalue weighted by molar-refractivity contribution is -0.143. The van der Waals surface area contributed by atoms with Gasteiger partial charge in [0.05, 0.1) is 29.7 Å². The molecule has 11 heteroatoms. The summed E-state index contributed by atoms with van der Waals surface area (Å²) in [6.45, 7) is 5.60. The van der Waals surface area contributed by atoms with Crippen LogP contribution < -0.4 is 4.90 Å². The zero-order chi connectivity index (χ0) is 30.1. The highest BCUT2D eigenvalue weighted by molar-refractivity contribution is 5.82. The number of halogens is 6. The van der Waals surface area contributed by atoms with E-state index in [9.17, 15) is 26.3 Å². The maximum absolute atomic E-state index is 13.6. The molecule has 226 valence electrons. The number of para-hydroxylation sites is 1. The lowest BCUT2D eigenvalue weighted by Crippen LogP contribution is -2.34. The molecule has 1 aliphatic carbocycles. The molecule has 1 atom stereocenters. The fourth-order valence-electron chi connectivity index (χ4n) is 5.77. The van der Waals surface area contributed by atoms with Crippen molar-refractivity contribution in [3.8, 4) is 0 Å². The number of nitrogens with zero attached hydrogens (tertiary/aromatic N) is 4. The van der Waals surface area contributed by atoms with Crippen molar-refractivity contribution >= 4 is 22.7 Å². The minimum atomic E-state index is -4.94. The first-order chi connectivity index (χ1) is 19.9. The summed E-state index contributed by atoms with van der Waals surface area (Å²) in [6, 6.07) is 11.5. The normalized spacial score (nSPS) is 17.9. The minimum Gasteiger partial charge on any atom is -0.460 e. The molecule has 2 aromatic carbocycles. The van der Waals surface area contributed by atoms with Crippen LogP contribution >= 0.6 is 0 Å². The molecule has 5 nitrogen and oxygen atoms in total. The molecule has 5 rings (SSSR count). The van der Waals surface area contributed by atoms with Crippen LogP contribution in [0.15, 0.2) is 53.5 Å². The van der Waals surface area contributed by atoms with E-state index in [1.807, 2.05) is 37.3 Å². The number of hydrogen-bond donors (Lipinski definition) is 0. The predicted molar refractivity (Wildman–Crippen MR) is 150 cm³/mol. The largest absolute Gasteiger partial charge is 0.460 e. The Bertz CT molecular complexity index is 1400. The van der Waals surface area contributed by atoms with Crippen LogP contribution in [-0.4, -0.2) is 41.6 Å². The van der Waals surface area contributed by atoms with Crippen LogP contribution in [0.3, 0.4) is 0 Å². The van der Waals surface area contributed by atoms with E-state index in [0.717, 1.165) is 53.8 Å². The second-order valence-corrected chi connectivity index (χ2v) is 11.2. The molecule has 0 spiro atoms. The quantitative estimate of drug-likeness (QED) is 0.248. The molecular formula is C31H34F6N4O. The molecule has 2 heterocycles. The van der Waals surface area contributed by atoms with Gasteiger partial charge in [-0.25, -0.2) is 9.98 Å². The summed E-state index contributed by atoms with van der Waals surface area (Å²) in [6.07, 6.45) is -5.46. The molecule has 0 N–H and O–H groups in total. The topological polar surface area (TPSA) is 41.0 Å². The number of rotatable bonds is 8. The third-order valence-corrected chi connectivity index (χ3v) is 7.86. The molecule has 3 aromatic rings. The zero-order valence-corrected chi connectivity index (χ0v) is 23.6. The number of benzene rings is 2. The fraction of sp³-hybridized carbons (Fsp3) is 0.484. The molecule has 2 aliphatic rings. The van der Waals surface area contributed by atoms with E-state index >= 15 is 0 Å². The van der Waals surface area contributed by atoms with Crippen molar-refractivity contribution in [2.24, 2.45) is 10.9 Å². The molecule has 1 saturated carbocycles. The Morgan fingerprint density at radius 1 is 0.881 bits per heavy atom. The molecule has 0 bridgehead atoms. The smallest absolute Gasteiger partial charge is 0.416 e. The Hall–Kier alpha value is -3.50. The maximum atomic E-state index is 13.6. The molecule has 42 heavy (non-hydrogen) atoms. The Balaban J connectivity index is 1.56. The zero-order valence-electron chi connectivity index (χ0n) is 23.6. The van der Waals surface area contributed by atoms with Gasteiger partial charge in [0.15, 0.2) is 0 Å². The van der Waals surface area contributed by atoms with Crippen molar-refractivity contribution in [3.63, 3.8) is 0 Å². The van der Waals surface area contributed by atoms with E-state index in [1.54, 1.807) is 4.90 Å². The molecule has 1 fully saturated rings. The Labute approximate surface area is 241 Å². The highest BCUT2D eigenvalue weighted by atomic mass is 19.4. The van der Waals surface area contributed by atoms with E-state index in [-0.39, 0.29) is 36.8 Å². The molecule has 1 aromatic heterocycles. The lowest BCUT2D eigenvalue weighted by Gasteiger charge is -2.30. The van der Waals surface area contributed by atoms with Crippen LogP contribution in [-0.2, 0) is 30.2 Å². The summed E-state index contributed by atoms with van der Waals surface area (Å²) < 4.78 is 87.6. The molecule has 1 unspecified atom stereocenters. The number of aromatic nitrogens is 1. The average molecular weight is 593 g/mol. The summed E-state index contributed by atoms with van der Waals surface area (Å²) in [7, 11) is 0. The minimum absolute atomic E-state index is 0.136. The van der Waals surface area contributed by atoms with Gasteiger partial charge in [0.1, 0.15) is 11.9 Å². The monoisotopic (exact) mass is 592 g/mol. The molecule has 0 amide bonds. The number of fused-ring (bicyclic) bond motifs is 1. The molecule has 0 saturated heterocycles. The fourth-order valence-corrected chi connectivity index (χ4v) is 5.77. The van der Waals surface area contributed by atoms with Crippen molar-refractivity contribution in [2.45, 2.75) is 71.1 Å². The van der Waals surface area contributed by atoms with E-state index in [4.69, 9.17) is 9.72 Å². The highest BCUT2D eigenvalue weighted by Gasteiger charge is 2.37. The van der Waals surface area contributed by atoms with Gasteiger partial charge in [0.2, 0.25) is 0 Å². The summed E-state index contributed by atoms with van der Waals surface area (Å²) in [5.41, 5.74) is -1.24. The third kappa shape index (κ3) is 6.93. The summed E-state index contributed by atoms with van der Waals surface area (Å²) in [5.74, 6) is 1.29. The van der Waals surface area contributed by atoms with Gasteiger partial charge in [-0.15, -0.1) is 0 Å². The van der Waals surface area contributed by atoms with E-state index in [0.29, 0.717) is 19.0 Å². The van der Waals surface area contributed by atoms with Crippen molar-refractivity contribution in [3.05, 3.63) is 70.8 Å². The Kier molecular flexibility index (Phi) is 8.57. The average Bonchev–Trinajstić information content (AvgIpc) is 3.61. The van der Waals surface area contributed by atoms with Crippen LogP contribution in [0.4, 0.5) is 32.2 Å². The summed E-state index contributed by atoms with van der Waals surface area (Å²) >= 11 is 0. The Morgan fingerprint density at radius 2 is 1.55 bits per heavy atom. The first-order valence-electron chi connectivity index (χ1n) is 14.3. The molecule has 1 aliphatic heterocycles. The van der Waals surface area contributed by atoms with Crippen LogP contribution in [0.2, 0.25) is 0 Å². The molecule has 0 radical (unpaired) electrons. The van der Waals surface area contributed by atoms with Crippen molar-refractivity contribution in [1.82, 2.24) is 9.88 Å². The van der Waals surface area contributed by atoms with Crippen molar-refractivity contribution < 1.29 is 31.1 Å². The SMILES string of the molecule is CCN(CC1CCCC1)c1nc2ccccc2cc1CN(Cc1cc(C(F)(F)F)cc(C(F)(F)F)c1)C1=NCC(C)O1. The van der Waals surface area contributed by atoms with Crippen molar-refractivity contribution in [2.75, 3.05) is 24.5 Å². The van der Waals surface area contributed by atoms with Crippen LogP contribution in [0.25, 0.3) is 10.9 Å². The standard InChI is InChI=1S/C31H34F6N4O/c1-3-40(17-21-8-4-5-9-21)28-24(14-23-10-6-7-11-27(23)39-28)19-41(29-38-16-20(2)42-29)18-22-12-25(30(32,33)34)15-26(13-22)31(35,36)37/h6-7,10-15,20-21H,3-5,8-9,16-19H2,1-2H3. The van der Waals surface area contributed by atoms with E-state index in [2.05, 4.69) is 16.8 Å². The van der Waals surface area contributed by atoms with Gasteiger partial charge in [-0.3, -0.25) is 0 Å². The lowest BCUT2D eigenvalue weighted by atomic mass is 10.0. The number of amidine groups is 1. The van der Waals surface area contributed by atoms with Gasteiger partial charge in [0, 0.05) is 30.6 Å². The van der Waals surface area contributed by atoms with Gasteiger partial charge in [-0.05, 0) is 68.5 Å². The number of hydrogen-bond acceptors (Lipinski definition) is 5. The number of anilines is 1. The number of alkyl halides is 6. The number of ether oxygens (including phenoxy) is 1. The summed E-state index contributed by atoms with van der Waals surface area (Å²) in [4.78, 5) is 13.3. The van der Waals surface area contributed by atoms with Crippen molar-refractivity contribution in [1.29, 1.82) is 0 Å². The van der Waals surface area contributed by atoms with Gasteiger partial charge in [0.25, 0.3) is 6.02 Å². The first-order valence-corrected chi connectivity index (χ1v) is 14.3. The number of aliphatic imine (C=N–C) groups is 1. The predicted octanol–water partition coefficient (Wildman–Crippen LogP) is 8.07. The van der Waals surface area contributed by atoms with E-state index in [1.165, 1.54) is 12.8 Å². The summed E-state index contributed by atoms with van der Waals surface area (Å²) in [5, 5.41) is 0.884. The van der Waals surface area contributed by atoms with Gasteiger partial charge >= 0.3 is 12.4 Å². The first kappa shape index (κ1) is 30.0.